The van der Waals surface area contributed by atoms with Gasteiger partial charge in [0, 0.05) is 23.1 Å². The van der Waals surface area contributed by atoms with Crippen LogP contribution in [-0.4, -0.2) is 24.0 Å². The van der Waals surface area contributed by atoms with Crippen LogP contribution < -0.4 is 10.2 Å². The molecule has 1 saturated heterocycles. The SMILES string of the molecule is O=C(Cc1c(Cl)cccc1Cl)Nc1ccc(N2CCCC2)nc1. The van der Waals surface area contributed by atoms with Crippen LogP contribution in [0.4, 0.5) is 11.5 Å². The maximum Gasteiger partial charge on any atom is 0.228 e. The number of rotatable bonds is 4. The minimum absolute atomic E-state index is 0.131. The molecule has 0 saturated carbocycles. The number of halogens is 2. The van der Waals surface area contributed by atoms with Gasteiger partial charge in [-0.05, 0) is 42.7 Å². The highest BCUT2D eigenvalue weighted by Gasteiger charge is 2.14. The van der Waals surface area contributed by atoms with Crippen molar-refractivity contribution >= 4 is 40.6 Å². The molecule has 0 radical (unpaired) electrons. The molecule has 6 heteroatoms. The molecule has 2 aromatic rings. The molecule has 0 bridgehead atoms. The van der Waals surface area contributed by atoms with Crippen molar-refractivity contribution in [3.63, 3.8) is 0 Å². The van der Waals surface area contributed by atoms with Gasteiger partial charge in [-0.25, -0.2) is 4.98 Å². The van der Waals surface area contributed by atoms with Gasteiger partial charge in [-0.3, -0.25) is 4.79 Å². The zero-order valence-corrected chi connectivity index (χ0v) is 14.1. The number of aromatic nitrogens is 1. The minimum Gasteiger partial charge on any atom is -0.357 e. The van der Waals surface area contributed by atoms with Crippen LogP contribution in [0.5, 0.6) is 0 Å². The van der Waals surface area contributed by atoms with Crippen LogP contribution in [0.1, 0.15) is 18.4 Å². The fourth-order valence-electron chi connectivity index (χ4n) is 2.66. The van der Waals surface area contributed by atoms with E-state index in [2.05, 4.69) is 15.2 Å². The lowest BCUT2D eigenvalue weighted by atomic mass is 10.1. The van der Waals surface area contributed by atoms with Gasteiger partial charge in [0.25, 0.3) is 0 Å². The third-order valence-electron chi connectivity index (χ3n) is 3.86. The van der Waals surface area contributed by atoms with E-state index in [1.54, 1.807) is 24.4 Å². The van der Waals surface area contributed by atoms with Crippen LogP contribution in [0, 0.1) is 0 Å². The van der Waals surface area contributed by atoms with Gasteiger partial charge in [0.2, 0.25) is 5.91 Å². The van der Waals surface area contributed by atoms with E-state index in [0.29, 0.717) is 21.3 Å². The van der Waals surface area contributed by atoms with Crippen LogP contribution in [0.2, 0.25) is 10.0 Å². The molecule has 0 spiro atoms. The highest BCUT2D eigenvalue weighted by atomic mass is 35.5. The van der Waals surface area contributed by atoms with E-state index in [1.165, 1.54) is 12.8 Å². The minimum atomic E-state index is -0.171. The zero-order valence-electron chi connectivity index (χ0n) is 12.6. The Morgan fingerprint density at radius 3 is 2.43 bits per heavy atom. The highest BCUT2D eigenvalue weighted by Crippen LogP contribution is 2.25. The Morgan fingerprint density at radius 2 is 1.83 bits per heavy atom. The molecule has 3 rings (SSSR count). The van der Waals surface area contributed by atoms with E-state index in [-0.39, 0.29) is 12.3 Å². The molecule has 1 aromatic carbocycles. The van der Waals surface area contributed by atoms with E-state index in [0.717, 1.165) is 18.9 Å². The summed E-state index contributed by atoms with van der Waals surface area (Å²) in [6.07, 6.45) is 4.23. The summed E-state index contributed by atoms with van der Waals surface area (Å²) < 4.78 is 0. The number of nitrogens with zero attached hydrogens (tertiary/aromatic N) is 2. The number of carbonyl (C=O) groups excluding carboxylic acids is 1. The van der Waals surface area contributed by atoms with E-state index in [1.807, 2.05) is 12.1 Å². The normalized spacial score (nSPS) is 14.1. The summed E-state index contributed by atoms with van der Waals surface area (Å²) in [6, 6.07) is 9.01. The van der Waals surface area contributed by atoms with Gasteiger partial charge < -0.3 is 10.2 Å². The van der Waals surface area contributed by atoms with Gasteiger partial charge in [-0.2, -0.15) is 0 Å². The number of benzene rings is 1. The van der Waals surface area contributed by atoms with Crippen molar-refractivity contribution in [2.75, 3.05) is 23.3 Å². The topological polar surface area (TPSA) is 45.2 Å². The van der Waals surface area contributed by atoms with E-state index in [4.69, 9.17) is 23.2 Å². The second-order valence-corrected chi connectivity index (χ2v) is 6.34. The Morgan fingerprint density at radius 1 is 1.13 bits per heavy atom. The van der Waals surface area contributed by atoms with Crippen molar-refractivity contribution in [3.8, 4) is 0 Å². The molecule has 23 heavy (non-hydrogen) atoms. The monoisotopic (exact) mass is 349 g/mol. The number of pyridine rings is 1. The average molecular weight is 350 g/mol. The average Bonchev–Trinajstić information content (AvgIpc) is 3.06. The standard InChI is InChI=1S/C17H17Cl2N3O/c18-14-4-3-5-15(19)13(14)10-17(23)21-12-6-7-16(20-11-12)22-8-1-2-9-22/h3-7,11H,1-2,8-10H2,(H,21,23). The summed E-state index contributed by atoms with van der Waals surface area (Å²) in [4.78, 5) is 18.8. The fraction of sp³-hybridized carbons (Fsp3) is 0.294. The summed E-state index contributed by atoms with van der Waals surface area (Å²) in [5.41, 5.74) is 1.30. The number of carbonyl (C=O) groups is 1. The lowest BCUT2D eigenvalue weighted by Crippen LogP contribution is -2.19. The highest BCUT2D eigenvalue weighted by molar-refractivity contribution is 6.36. The van der Waals surface area contributed by atoms with Crippen molar-refractivity contribution < 1.29 is 4.79 Å². The summed E-state index contributed by atoms with van der Waals surface area (Å²) in [6.45, 7) is 2.09. The maximum atomic E-state index is 12.2. The Labute approximate surface area is 145 Å². The predicted octanol–water partition coefficient (Wildman–Crippen LogP) is 4.17. The van der Waals surface area contributed by atoms with Gasteiger partial charge in [-0.15, -0.1) is 0 Å². The molecule has 1 amide bonds. The molecule has 1 fully saturated rings. The van der Waals surface area contributed by atoms with E-state index in [9.17, 15) is 4.79 Å². The lowest BCUT2D eigenvalue weighted by Gasteiger charge is -2.16. The summed E-state index contributed by atoms with van der Waals surface area (Å²) >= 11 is 12.2. The molecule has 1 aliphatic rings. The number of hydrogen-bond donors (Lipinski definition) is 1. The Balaban J connectivity index is 1.63. The number of anilines is 2. The molecule has 4 nitrogen and oxygen atoms in total. The third kappa shape index (κ3) is 3.95. The Bertz CT molecular complexity index is 677. The maximum absolute atomic E-state index is 12.2. The second-order valence-electron chi connectivity index (χ2n) is 5.52. The molecule has 0 aliphatic carbocycles. The van der Waals surface area contributed by atoms with Crippen molar-refractivity contribution in [2.24, 2.45) is 0 Å². The van der Waals surface area contributed by atoms with Crippen molar-refractivity contribution in [2.45, 2.75) is 19.3 Å². The van der Waals surface area contributed by atoms with Crippen LogP contribution in [0.15, 0.2) is 36.5 Å². The van der Waals surface area contributed by atoms with Gasteiger partial charge >= 0.3 is 0 Å². The van der Waals surface area contributed by atoms with Gasteiger partial charge in [0.05, 0.1) is 18.3 Å². The summed E-state index contributed by atoms with van der Waals surface area (Å²) in [5, 5.41) is 3.82. The number of nitrogens with one attached hydrogen (secondary N) is 1. The third-order valence-corrected chi connectivity index (χ3v) is 4.57. The Hall–Kier alpha value is -1.78. The number of hydrogen-bond acceptors (Lipinski definition) is 3. The summed E-state index contributed by atoms with van der Waals surface area (Å²) in [5.74, 6) is 0.783. The van der Waals surface area contributed by atoms with Crippen molar-refractivity contribution in [1.82, 2.24) is 4.98 Å². The van der Waals surface area contributed by atoms with Gasteiger partial charge in [0.1, 0.15) is 5.82 Å². The first-order chi connectivity index (χ1) is 11.1. The van der Waals surface area contributed by atoms with E-state index >= 15 is 0 Å². The fourth-order valence-corrected chi connectivity index (χ4v) is 3.19. The molecular formula is C17H17Cl2N3O. The first-order valence-corrected chi connectivity index (χ1v) is 8.33. The van der Waals surface area contributed by atoms with Gasteiger partial charge in [0.15, 0.2) is 0 Å². The molecule has 1 aliphatic heterocycles. The number of amides is 1. The predicted molar refractivity (Wildman–Crippen MR) is 94.5 cm³/mol. The molecule has 120 valence electrons. The smallest absolute Gasteiger partial charge is 0.228 e. The Kier molecular flexibility index (Phi) is 5.03. The molecule has 1 aromatic heterocycles. The largest absolute Gasteiger partial charge is 0.357 e. The quantitative estimate of drug-likeness (QED) is 0.900. The van der Waals surface area contributed by atoms with Crippen LogP contribution in [0.25, 0.3) is 0 Å². The molecular weight excluding hydrogens is 333 g/mol. The zero-order chi connectivity index (χ0) is 16.2. The summed E-state index contributed by atoms with van der Waals surface area (Å²) in [7, 11) is 0. The van der Waals surface area contributed by atoms with Crippen LogP contribution in [-0.2, 0) is 11.2 Å². The molecule has 1 N–H and O–H groups in total. The molecule has 2 heterocycles. The van der Waals surface area contributed by atoms with Crippen LogP contribution in [0.3, 0.4) is 0 Å². The van der Waals surface area contributed by atoms with Gasteiger partial charge in [-0.1, -0.05) is 29.3 Å². The molecule has 0 atom stereocenters. The van der Waals surface area contributed by atoms with Crippen LogP contribution >= 0.6 is 23.2 Å². The molecule has 0 unspecified atom stereocenters. The first kappa shape index (κ1) is 16.1. The van der Waals surface area contributed by atoms with Crippen molar-refractivity contribution in [1.29, 1.82) is 0 Å². The second kappa shape index (κ2) is 7.20. The first-order valence-electron chi connectivity index (χ1n) is 7.57. The lowest BCUT2D eigenvalue weighted by molar-refractivity contribution is -0.115. The van der Waals surface area contributed by atoms with E-state index < -0.39 is 0 Å². The van der Waals surface area contributed by atoms with Crippen molar-refractivity contribution in [3.05, 3.63) is 52.1 Å².